The smallest absolute Gasteiger partial charge is 0.233 e. The van der Waals surface area contributed by atoms with Gasteiger partial charge < -0.3 is 4.74 Å². The van der Waals surface area contributed by atoms with Crippen molar-refractivity contribution >= 4 is 23.2 Å². The van der Waals surface area contributed by atoms with E-state index in [0.29, 0.717) is 27.7 Å². The van der Waals surface area contributed by atoms with Crippen LogP contribution in [0.2, 0.25) is 10.3 Å². The monoisotopic (exact) mass is 298 g/mol. The number of halogens is 2. The van der Waals surface area contributed by atoms with Gasteiger partial charge in [-0.2, -0.15) is 0 Å². The van der Waals surface area contributed by atoms with E-state index in [-0.39, 0.29) is 5.92 Å². The fourth-order valence-corrected chi connectivity index (χ4v) is 2.38. The molecular weight excluding hydrogens is 287 g/mol. The minimum atomic E-state index is 0.149. The highest BCUT2D eigenvalue weighted by Crippen LogP contribution is 2.30. The van der Waals surface area contributed by atoms with Gasteiger partial charge in [-0.15, -0.1) is 10.2 Å². The summed E-state index contributed by atoms with van der Waals surface area (Å²) in [6.07, 6.45) is 0. The molecule has 0 radical (unpaired) electrons. The van der Waals surface area contributed by atoms with Crippen LogP contribution >= 0.6 is 23.2 Å². The molecule has 0 fully saturated rings. The summed E-state index contributed by atoms with van der Waals surface area (Å²) in [6.45, 7) is 3.95. The van der Waals surface area contributed by atoms with Gasteiger partial charge in [-0.3, -0.25) is 0 Å². The molecule has 7 heteroatoms. The molecule has 0 aromatic carbocycles. The van der Waals surface area contributed by atoms with Crippen LogP contribution in [0.5, 0.6) is 5.88 Å². The molecule has 0 bridgehead atoms. The first-order valence-electron chi connectivity index (χ1n) is 5.64. The molecule has 0 atom stereocenters. The van der Waals surface area contributed by atoms with E-state index in [9.17, 15) is 0 Å². The second-order valence-electron chi connectivity index (χ2n) is 4.16. The average Bonchev–Trinajstić information content (AvgIpc) is 2.37. The molecule has 0 spiro atoms. The maximum Gasteiger partial charge on any atom is 0.233 e. The quantitative estimate of drug-likeness (QED) is 0.813. The van der Waals surface area contributed by atoms with Crippen LogP contribution in [0.25, 0.3) is 11.5 Å². The molecule has 2 aromatic heterocycles. The van der Waals surface area contributed by atoms with E-state index in [1.807, 2.05) is 13.8 Å². The molecule has 19 heavy (non-hydrogen) atoms. The van der Waals surface area contributed by atoms with Crippen molar-refractivity contribution in [2.75, 3.05) is 7.11 Å². The lowest BCUT2D eigenvalue weighted by molar-refractivity contribution is 0.392. The standard InChI is InChI=1S/C12H12Cl2N4O/c1-6(2)9-10(13)15-12(16-11(9)14)7-4-5-8(19-3)18-17-7/h4-6H,1-3H3. The summed E-state index contributed by atoms with van der Waals surface area (Å²) in [6, 6.07) is 3.37. The van der Waals surface area contributed by atoms with E-state index in [1.54, 1.807) is 12.1 Å². The molecule has 0 saturated carbocycles. The molecule has 0 aliphatic heterocycles. The van der Waals surface area contributed by atoms with Crippen LogP contribution in [-0.4, -0.2) is 27.3 Å². The Bertz CT molecular complexity index is 564. The van der Waals surface area contributed by atoms with Gasteiger partial charge in [-0.1, -0.05) is 37.0 Å². The Morgan fingerprint density at radius 1 is 1.05 bits per heavy atom. The number of ether oxygens (including phenoxy) is 1. The van der Waals surface area contributed by atoms with E-state index in [4.69, 9.17) is 27.9 Å². The summed E-state index contributed by atoms with van der Waals surface area (Å²) in [5, 5.41) is 8.48. The first-order chi connectivity index (χ1) is 9.02. The maximum absolute atomic E-state index is 6.13. The second-order valence-corrected chi connectivity index (χ2v) is 4.87. The molecule has 0 unspecified atom stereocenters. The lowest BCUT2D eigenvalue weighted by Gasteiger charge is -2.10. The topological polar surface area (TPSA) is 60.8 Å². The van der Waals surface area contributed by atoms with Crippen molar-refractivity contribution in [1.82, 2.24) is 20.2 Å². The zero-order valence-electron chi connectivity index (χ0n) is 10.7. The highest BCUT2D eigenvalue weighted by Gasteiger charge is 2.16. The van der Waals surface area contributed by atoms with Crippen molar-refractivity contribution in [1.29, 1.82) is 0 Å². The summed E-state index contributed by atoms with van der Waals surface area (Å²) in [5.41, 5.74) is 1.22. The maximum atomic E-state index is 6.13. The number of methoxy groups -OCH3 is 1. The van der Waals surface area contributed by atoms with Crippen LogP contribution < -0.4 is 4.74 Å². The number of aromatic nitrogens is 4. The average molecular weight is 299 g/mol. The van der Waals surface area contributed by atoms with Gasteiger partial charge >= 0.3 is 0 Å². The van der Waals surface area contributed by atoms with E-state index in [0.717, 1.165) is 5.56 Å². The van der Waals surface area contributed by atoms with Crippen molar-refractivity contribution in [3.63, 3.8) is 0 Å². The van der Waals surface area contributed by atoms with Crippen LogP contribution in [0.4, 0.5) is 0 Å². The normalized spacial score (nSPS) is 10.8. The zero-order valence-corrected chi connectivity index (χ0v) is 12.2. The minimum absolute atomic E-state index is 0.149. The molecule has 2 aromatic rings. The molecular formula is C12H12Cl2N4O. The molecule has 0 aliphatic rings. The lowest BCUT2D eigenvalue weighted by Crippen LogP contribution is -2.01. The minimum Gasteiger partial charge on any atom is -0.480 e. The van der Waals surface area contributed by atoms with E-state index < -0.39 is 0 Å². The zero-order chi connectivity index (χ0) is 14.0. The van der Waals surface area contributed by atoms with Gasteiger partial charge in [-0.25, -0.2) is 9.97 Å². The molecule has 0 aliphatic carbocycles. The van der Waals surface area contributed by atoms with Crippen LogP contribution in [0, 0.1) is 0 Å². The fourth-order valence-electron chi connectivity index (χ4n) is 1.56. The molecule has 5 nitrogen and oxygen atoms in total. The van der Waals surface area contributed by atoms with E-state index >= 15 is 0 Å². The van der Waals surface area contributed by atoms with E-state index in [2.05, 4.69) is 20.2 Å². The van der Waals surface area contributed by atoms with Gasteiger partial charge in [0.2, 0.25) is 5.88 Å². The predicted molar refractivity (Wildman–Crippen MR) is 73.7 cm³/mol. The van der Waals surface area contributed by atoms with Gasteiger partial charge in [0, 0.05) is 11.6 Å². The third-order valence-corrected chi connectivity index (χ3v) is 3.08. The SMILES string of the molecule is COc1ccc(-c2nc(Cl)c(C(C)C)c(Cl)n2)nn1. The molecule has 2 rings (SSSR count). The highest BCUT2D eigenvalue weighted by atomic mass is 35.5. The lowest BCUT2D eigenvalue weighted by atomic mass is 10.1. The van der Waals surface area contributed by atoms with Crippen molar-refractivity contribution in [3.05, 3.63) is 28.0 Å². The summed E-state index contributed by atoms with van der Waals surface area (Å²) in [7, 11) is 1.52. The van der Waals surface area contributed by atoms with Crippen molar-refractivity contribution in [2.24, 2.45) is 0 Å². The van der Waals surface area contributed by atoms with Crippen LogP contribution in [-0.2, 0) is 0 Å². The summed E-state index contributed by atoms with van der Waals surface area (Å²) >= 11 is 12.3. The summed E-state index contributed by atoms with van der Waals surface area (Å²) < 4.78 is 4.94. The Kier molecular flexibility index (Phi) is 4.17. The third kappa shape index (κ3) is 2.93. The van der Waals surface area contributed by atoms with E-state index in [1.165, 1.54) is 7.11 Å². The largest absolute Gasteiger partial charge is 0.480 e. The highest BCUT2D eigenvalue weighted by molar-refractivity contribution is 6.34. The molecule has 0 N–H and O–H groups in total. The Hall–Kier alpha value is -1.46. The van der Waals surface area contributed by atoms with Crippen molar-refractivity contribution < 1.29 is 4.74 Å². The molecule has 0 saturated heterocycles. The molecule has 0 amide bonds. The van der Waals surface area contributed by atoms with Crippen molar-refractivity contribution in [3.8, 4) is 17.4 Å². The molecule has 100 valence electrons. The molecule has 2 heterocycles. The predicted octanol–water partition coefficient (Wildman–Crippen LogP) is 3.37. The Morgan fingerprint density at radius 3 is 2.11 bits per heavy atom. The van der Waals surface area contributed by atoms with Crippen molar-refractivity contribution in [2.45, 2.75) is 19.8 Å². The Morgan fingerprint density at radius 2 is 1.68 bits per heavy atom. The Balaban J connectivity index is 2.45. The van der Waals surface area contributed by atoms with Gasteiger partial charge in [-0.05, 0) is 12.0 Å². The summed E-state index contributed by atoms with van der Waals surface area (Å²) in [5.74, 6) is 0.908. The first-order valence-corrected chi connectivity index (χ1v) is 6.39. The second kappa shape index (κ2) is 5.67. The number of rotatable bonds is 3. The summed E-state index contributed by atoms with van der Waals surface area (Å²) in [4.78, 5) is 8.42. The van der Waals surface area contributed by atoms with Crippen LogP contribution in [0.3, 0.4) is 0 Å². The van der Waals surface area contributed by atoms with Gasteiger partial charge in [0.05, 0.1) is 7.11 Å². The van der Waals surface area contributed by atoms with Crippen LogP contribution in [0.15, 0.2) is 12.1 Å². The van der Waals surface area contributed by atoms with Gasteiger partial charge in [0.15, 0.2) is 5.82 Å². The number of hydrogen-bond donors (Lipinski definition) is 0. The third-order valence-electron chi connectivity index (χ3n) is 2.51. The number of hydrogen-bond acceptors (Lipinski definition) is 5. The van der Waals surface area contributed by atoms with Gasteiger partial charge in [0.25, 0.3) is 0 Å². The fraction of sp³-hybridized carbons (Fsp3) is 0.333. The number of nitrogens with zero attached hydrogens (tertiary/aromatic N) is 4. The van der Waals surface area contributed by atoms with Gasteiger partial charge in [0.1, 0.15) is 16.0 Å². The first kappa shape index (κ1) is 14.0. The Labute approximate surface area is 121 Å². The van der Waals surface area contributed by atoms with Crippen LogP contribution in [0.1, 0.15) is 25.3 Å².